The first-order valence-corrected chi connectivity index (χ1v) is 7.25. The molecule has 6 nitrogen and oxygen atoms in total. The fourth-order valence-corrected chi connectivity index (χ4v) is 3.31. The largest absolute Gasteiger partial charge is 0.396 e. The molecule has 20 heavy (non-hydrogen) atoms. The van der Waals surface area contributed by atoms with E-state index in [1.165, 1.54) is 0 Å². The molecule has 0 unspecified atom stereocenters. The molecule has 3 aliphatic rings. The van der Waals surface area contributed by atoms with Crippen molar-refractivity contribution in [2.75, 3.05) is 13.2 Å². The quantitative estimate of drug-likeness (QED) is 0.836. The van der Waals surface area contributed by atoms with Crippen LogP contribution in [0.4, 0.5) is 0 Å². The van der Waals surface area contributed by atoms with Gasteiger partial charge in [0.15, 0.2) is 17.9 Å². The van der Waals surface area contributed by atoms with Crippen molar-refractivity contribution in [2.45, 2.75) is 70.3 Å². The Morgan fingerprint density at radius 1 is 1.00 bits per heavy atom. The average Bonchev–Trinajstić information content (AvgIpc) is 2.91. The second kappa shape index (κ2) is 4.90. The molecule has 0 aromatic carbocycles. The third kappa shape index (κ3) is 2.61. The molecule has 0 aromatic heterocycles. The van der Waals surface area contributed by atoms with Gasteiger partial charge in [-0.3, -0.25) is 0 Å². The summed E-state index contributed by atoms with van der Waals surface area (Å²) in [4.78, 5) is 0. The van der Waals surface area contributed by atoms with Crippen LogP contribution in [0.1, 0.15) is 34.1 Å². The van der Waals surface area contributed by atoms with Crippen LogP contribution in [0.5, 0.6) is 0 Å². The zero-order chi connectivity index (χ0) is 14.5. The van der Waals surface area contributed by atoms with E-state index < -0.39 is 11.6 Å². The zero-order valence-corrected chi connectivity index (χ0v) is 12.5. The number of hydrogen-bond acceptors (Lipinski definition) is 6. The Labute approximate surface area is 119 Å². The molecule has 3 heterocycles. The summed E-state index contributed by atoms with van der Waals surface area (Å²) < 4.78 is 29.2. The lowest BCUT2D eigenvalue weighted by Crippen LogP contribution is -2.39. The van der Waals surface area contributed by atoms with Crippen LogP contribution < -0.4 is 0 Å². The Kier molecular flexibility index (Phi) is 3.60. The topological polar surface area (TPSA) is 66.4 Å². The van der Waals surface area contributed by atoms with Crippen molar-refractivity contribution in [1.82, 2.24) is 0 Å². The summed E-state index contributed by atoms with van der Waals surface area (Å²) in [5.74, 6) is -1.18. The van der Waals surface area contributed by atoms with Crippen LogP contribution in [0, 0.1) is 5.92 Å². The summed E-state index contributed by atoms with van der Waals surface area (Å²) in [5.41, 5.74) is 0. The summed E-state index contributed by atoms with van der Waals surface area (Å²) in [6.45, 7) is 8.10. The first kappa shape index (κ1) is 14.7. The van der Waals surface area contributed by atoms with Gasteiger partial charge in [-0.1, -0.05) is 0 Å². The number of rotatable bonds is 3. The standard InChI is InChI=1S/C14H24O6/c1-13(2)16-7-9(18-13)10-8(5-6-15)11-12(17-10)20-14(3,4)19-11/h8-12,15H,5-7H2,1-4H3/t8-,9-,10-,11-,12-/m1/s1. The molecule has 3 rings (SSSR count). The molecule has 0 amide bonds. The van der Waals surface area contributed by atoms with Crippen molar-refractivity contribution in [3.05, 3.63) is 0 Å². The first-order valence-electron chi connectivity index (χ1n) is 7.25. The maximum absolute atomic E-state index is 9.32. The van der Waals surface area contributed by atoms with E-state index in [1.54, 1.807) is 0 Å². The van der Waals surface area contributed by atoms with Gasteiger partial charge in [-0.15, -0.1) is 0 Å². The van der Waals surface area contributed by atoms with Gasteiger partial charge >= 0.3 is 0 Å². The number of fused-ring (bicyclic) bond motifs is 1. The van der Waals surface area contributed by atoms with Crippen LogP contribution in [-0.2, 0) is 23.7 Å². The molecular formula is C14H24O6. The van der Waals surface area contributed by atoms with Gasteiger partial charge in [0.05, 0.1) is 12.7 Å². The Morgan fingerprint density at radius 2 is 1.75 bits per heavy atom. The second-order valence-electron chi connectivity index (χ2n) is 6.61. The Hall–Kier alpha value is -0.240. The van der Waals surface area contributed by atoms with Crippen molar-refractivity contribution in [2.24, 2.45) is 5.92 Å². The molecule has 0 aromatic rings. The average molecular weight is 288 g/mol. The van der Waals surface area contributed by atoms with Crippen molar-refractivity contribution >= 4 is 0 Å². The van der Waals surface area contributed by atoms with Gasteiger partial charge in [-0.2, -0.15) is 0 Å². The third-order valence-electron chi connectivity index (χ3n) is 4.08. The molecule has 0 saturated carbocycles. The highest BCUT2D eigenvalue weighted by Gasteiger charge is 2.57. The maximum Gasteiger partial charge on any atom is 0.187 e. The zero-order valence-electron chi connectivity index (χ0n) is 12.5. The molecule has 0 aliphatic carbocycles. The Balaban J connectivity index is 1.73. The van der Waals surface area contributed by atoms with E-state index in [-0.39, 0.29) is 37.1 Å². The molecule has 0 bridgehead atoms. The van der Waals surface area contributed by atoms with Crippen molar-refractivity contribution in [3.8, 4) is 0 Å². The van der Waals surface area contributed by atoms with Crippen LogP contribution in [0.2, 0.25) is 0 Å². The van der Waals surface area contributed by atoms with E-state index in [0.717, 1.165) is 0 Å². The molecule has 0 spiro atoms. The highest BCUT2D eigenvalue weighted by atomic mass is 16.8. The molecule has 3 saturated heterocycles. The van der Waals surface area contributed by atoms with Gasteiger partial charge < -0.3 is 28.8 Å². The van der Waals surface area contributed by atoms with Gasteiger partial charge in [-0.25, -0.2) is 0 Å². The molecule has 1 N–H and O–H groups in total. The molecule has 3 aliphatic heterocycles. The van der Waals surface area contributed by atoms with Gasteiger partial charge in [0.1, 0.15) is 12.2 Å². The number of aliphatic hydroxyl groups is 1. The fraction of sp³-hybridized carbons (Fsp3) is 1.00. The minimum atomic E-state index is -0.639. The summed E-state index contributed by atoms with van der Waals surface area (Å²) in [6, 6.07) is 0. The highest BCUT2D eigenvalue weighted by molar-refractivity contribution is 4.97. The van der Waals surface area contributed by atoms with Crippen LogP contribution in [-0.4, -0.2) is 54.5 Å². The Morgan fingerprint density at radius 3 is 2.35 bits per heavy atom. The number of aliphatic hydroxyl groups excluding tert-OH is 1. The predicted octanol–water partition coefficient (Wildman–Crippen LogP) is 1.01. The van der Waals surface area contributed by atoms with Gasteiger partial charge in [0.25, 0.3) is 0 Å². The predicted molar refractivity (Wildman–Crippen MR) is 68.8 cm³/mol. The van der Waals surface area contributed by atoms with Crippen molar-refractivity contribution < 1.29 is 28.8 Å². The molecule has 3 fully saturated rings. The van der Waals surface area contributed by atoms with Crippen LogP contribution in [0.3, 0.4) is 0 Å². The minimum Gasteiger partial charge on any atom is -0.396 e. The van der Waals surface area contributed by atoms with Gasteiger partial charge in [0.2, 0.25) is 0 Å². The normalized spacial score (nSPS) is 45.8. The smallest absolute Gasteiger partial charge is 0.187 e. The molecule has 6 heteroatoms. The number of hydrogen-bond donors (Lipinski definition) is 1. The van der Waals surface area contributed by atoms with Crippen molar-refractivity contribution in [3.63, 3.8) is 0 Å². The van der Waals surface area contributed by atoms with E-state index in [0.29, 0.717) is 13.0 Å². The molecular weight excluding hydrogens is 264 g/mol. The van der Waals surface area contributed by atoms with Crippen LogP contribution >= 0.6 is 0 Å². The summed E-state index contributed by atoms with van der Waals surface area (Å²) in [5, 5.41) is 9.32. The SMILES string of the molecule is CC1(C)O[C@H]2O[C@@H]([C@H]3COC(C)(C)O3)[C@@H](CCO)[C@H]2O1. The summed E-state index contributed by atoms with van der Waals surface area (Å²) >= 11 is 0. The van der Waals surface area contributed by atoms with E-state index in [1.807, 2.05) is 27.7 Å². The van der Waals surface area contributed by atoms with E-state index in [9.17, 15) is 5.11 Å². The Bertz CT molecular complexity index is 369. The second-order valence-corrected chi connectivity index (χ2v) is 6.61. The molecule has 0 radical (unpaired) electrons. The molecule has 116 valence electrons. The van der Waals surface area contributed by atoms with Crippen LogP contribution in [0.25, 0.3) is 0 Å². The summed E-state index contributed by atoms with van der Waals surface area (Å²) in [6.07, 6.45) is -0.267. The van der Waals surface area contributed by atoms with Gasteiger partial charge in [-0.05, 0) is 34.1 Å². The number of ether oxygens (including phenoxy) is 5. The minimum absolute atomic E-state index is 0.0503. The van der Waals surface area contributed by atoms with E-state index in [4.69, 9.17) is 23.7 Å². The van der Waals surface area contributed by atoms with Crippen LogP contribution in [0.15, 0.2) is 0 Å². The molecule has 5 atom stereocenters. The lowest BCUT2D eigenvalue weighted by atomic mass is 9.92. The first-order chi connectivity index (χ1) is 9.31. The van der Waals surface area contributed by atoms with E-state index >= 15 is 0 Å². The van der Waals surface area contributed by atoms with E-state index in [2.05, 4.69) is 0 Å². The lowest BCUT2D eigenvalue weighted by molar-refractivity contribution is -0.227. The lowest BCUT2D eigenvalue weighted by Gasteiger charge is -2.28. The fourth-order valence-electron chi connectivity index (χ4n) is 3.31. The maximum atomic E-state index is 9.32. The van der Waals surface area contributed by atoms with Gasteiger partial charge in [0, 0.05) is 12.5 Å². The third-order valence-corrected chi connectivity index (χ3v) is 4.08. The summed E-state index contributed by atoms with van der Waals surface area (Å²) in [7, 11) is 0. The highest BCUT2D eigenvalue weighted by Crippen LogP contribution is 2.44. The van der Waals surface area contributed by atoms with Crippen molar-refractivity contribution in [1.29, 1.82) is 0 Å². The monoisotopic (exact) mass is 288 g/mol.